The third kappa shape index (κ3) is 5.81. The number of amides is 1. The van der Waals surface area contributed by atoms with E-state index in [0.717, 1.165) is 5.56 Å². The molecule has 1 unspecified atom stereocenters. The fourth-order valence-corrected chi connectivity index (χ4v) is 2.44. The molecule has 136 valence electrons. The molecule has 0 spiro atoms. The van der Waals surface area contributed by atoms with E-state index in [9.17, 15) is 4.79 Å². The van der Waals surface area contributed by atoms with E-state index in [-0.39, 0.29) is 11.8 Å². The molecule has 0 aliphatic carbocycles. The average Bonchev–Trinajstić information content (AvgIpc) is 2.69. The highest BCUT2D eigenvalue weighted by molar-refractivity contribution is 5.91. The maximum atomic E-state index is 12.0. The zero-order chi connectivity index (χ0) is 18.8. The van der Waals surface area contributed by atoms with Crippen molar-refractivity contribution < 1.29 is 14.3 Å². The molecule has 4 nitrogen and oxygen atoms in total. The van der Waals surface area contributed by atoms with Gasteiger partial charge in [-0.2, -0.15) is 0 Å². The van der Waals surface area contributed by atoms with Gasteiger partial charge in [-0.05, 0) is 35.3 Å². The zero-order valence-electron chi connectivity index (χ0n) is 15.3. The Morgan fingerprint density at radius 3 is 2.65 bits per heavy atom. The minimum atomic E-state index is -0.126. The molecular formula is C22H25NO3. The van der Waals surface area contributed by atoms with E-state index in [4.69, 9.17) is 9.47 Å². The van der Waals surface area contributed by atoms with Crippen molar-refractivity contribution in [2.45, 2.75) is 12.8 Å². The average molecular weight is 351 g/mol. The van der Waals surface area contributed by atoms with E-state index in [1.807, 2.05) is 36.4 Å². The van der Waals surface area contributed by atoms with E-state index in [2.05, 4.69) is 31.0 Å². The monoisotopic (exact) mass is 351 g/mol. The van der Waals surface area contributed by atoms with E-state index in [1.165, 1.54) is 11.6 Å². The molecule has 0 aliphatic rings. The molecular weight excluding hydrogens is 326 g/mol. The van der Waals surface area contributed by atoms with Gasteiger partial charge >= 0.3 is 0 Å². The molecule has 2 rings (SSSR count). The number of hydrogen-bond donors (Lipinski definition) is 1. The molecule has 2 aromatic carbocycles. The minimum Gasteiger partial charge on any atom is -0.493 e. The van der Waals surface area contributed by atoms with Gasteiger partial charge in [0, 0.05) is 12.6 Å². The standard InChI is InChI=1S/C22H25NO3/c1-4-14-26-20-12-10-18(15-21(20)25-3)11-13-22(24)23-16-17(2)19-8-6-5-7-9-19/h4-13,15,17H,1,14,16H2,2-3H3,(H,23,24)/b13-11+. The van der Waals surface area contributed by atoms with Gasteiger partial charge in [0.2, 0.25) is 5.91 Å². The Morgan fingerprint density at radius 2 is 1.96 bits per heavy atom. The summed E-state index contributed by atoms with van der Waals surface area (Å²) in [5.41, 5.74) is 2.07. The second-order valence-corrected chi connectivity index (χ2v) is 5.90. The molecule has 1 atom stereocenters. The molecule has 0 bridgehead atoms. The largest absolute Gasteiger partial charge is 0.493 e. The van der Waals surface area contributed by atoms with Gasteiger partial charge in [0.05, 0.1) is 7.11 Å². The van der Waals surface area contributed by atoms with Crippen LogP contribution in [0.3, 0.4) is 0 Å². The lowest BCUT2D eigenvalue weighted by Crippen LogP contribution is -2.25. The number of nitrogens with one attached hydrogen (secondary N) is 1. The first kappa shape index (κ1) is 19.3. The van der Waals surface area contributed by atoms with Gasteiger partial charge in [0.15, 0.2) is 11.5 Å². The third-order valence-corrected chi connectivity index (χ3v) is 3.92. The van der Waals surface area contributed by atoms with Crippen molar-refractivity contribution >= 4 is 12.0 Å². The number of benzene rings is 2. The Bertz CT molecular complexity index is 753. The molecule has 1 N–H and O–H groups in total. The molecule has 0 saturated carbocycles. The second kappa shape index (κ2) is 10.1. The van der Waals surface area contributed by atoms with Gasteiger partial charge in [-0.15, -0.1) is 0 Å². The van der Waals surface area contributed by atoms with Crippen LogP contribution in [-0.2, 0) is 4.79 Å². The predicted octanol–water partition coefficient (Wildman–Crippen LogP) is 4.19. The quantitative estimate of drug-likeness (QED) is 0.544. The first-order valence-electron chi connectivity index (χ1n) is 8.56. The Hall–Kier alpha value is -3.01. The summed E-state index contributed by atoms with van der Waals surface area (Å²) in [5, 5.41) is 2.93. The molecule has 0 saturated heterocycles. The summed E-state index contributed by atoms with van der Waals surface area (Å²) in [6.45, 7) is 6.71. The lowest BCUT2D eigenvalue weighted by molar-refractivity contribution is -0.116. The van der Waals surface area contributed by atoms with Crippen LogP contribution in [0.2, 0.25) is 0 Å². The Balaban J connectivity index is 1.91. The number of carbonyl (C=O) groups is 1. The Kier molecular flexibility index (Phi) is 7.49. The third-order valence-electron chi connectivity index (χ3n) is 3.92. The predicted molar refractivity (Wildman–Crippen MR) is 106 cm³/mol. The van der Waals surface area contributed by atoms with Gasteiger partial charge in [-0.1, -0.05) is 56.0 Å². The van der Waals surface area contributed by atoms with Crippen molar-refractivity contribution in [3.05, 3.63) is 78.4 Å². The van der Waals surface area contributed by atoms with Crippen LogP contribution in [-0.4, -0.2) is 26.2 Å². The van der Waals surface area contributed by atoms with Crippen molar-refractivity contribution in [3.8, 4) is 11.5 Å². The summed E-state index contributed by atoms with van der Waals surface area (Å²) in [4.78, 5) is 12.0. The van der Waals surface area contributed by atoms with Crippen LogP contribution < -0.4 is 14.8 Å². The van der Waals surface area contributed by atoms with Crippen LogP contribution in [0.15, 0.2) is 67.3 Å². The SMILES string of the molecule is C=CCOc1ccc(/C=C/C(=O)NCC(C)c2ccccc2)cc1OC. The van der Waals surface area contributed by atoms with Crippen LogP contribution in [0.1, 0.15) is 24.0 Å². The van der Waals surface area contributed by atoms with Crippen molar-refractivity contribution in [2.75, 3.05) is 20.3 Å². The Morgan fingerprint density at radius 1 is 1.19 bits per heavy atom. The van der Waals surface area contributed by atoms with E-state index >= 15 is 0 Å². The van der Waals surface area contributed by atoms with Crippen molar-refractivity contribution in [2.24, 2.45) is 0 Å². The first-order chi connectivity index (χ1) is 12.6. The van der Waals surface area contributed by atoms with Crippen LogP contribution >= 0.6 is 0 Å². The normalized spacial score (nSPS) is 11.8. The zero-order valence-corrected chi connectivity index (χ0v) is 15.3. The van der Waals surface area contributed by atoms with E-state index in [0.29, 0.717) is 24.7 Å². The van der Waals surface area contributed by atoms with E-state index in [1.54, 1.807) is 19.3 Å². The summed E-state index contributed by atoms with van der Waals surface area (Å²) in [6.07, 6.45) is 4.95. The fraction of sp³-hybridized carbons (Fsp3) is 0.227. The van der Waals surface area contributed by atoms with Crippen molar-refractivity contribution in [1.82, 2.24) is 5.32 Å². The highest BCUT2D eigenvalue weighted by Crippen LogP contribution is 2.28. The van der Waals surface area contributed by atoms with Crippen LogP contribution in [0.25, 0.3) is 6.08 Å². The maximum Gasteiger partial charge on any atom is 0.244 e. The van der Waals surface area contributed by atoms with Crippen LogP contribution in [0.5, 0.6) is 11.5 Å². The molecule has 0 fully saturated rings. The molecule has 0 aromatic heterocycles. The number of carbonyl (C=O) groups excluding carboxylic acids is 1. The lowest BCUT2D eigenvalue weighted by Gasteiger charge is -2.12. The molecule has 0 radical (unpaired) electrons. The molecule has 26 heavy (non-hydrogen) atoms. The van der Waals surface area contributed by atoms with Gasteiger partial charge in [0.1, 0.15) is 6.61 Å². The topological polar surface area (TPSA) is 47.6 Å². The van der Waals surface area contributed by atoms with E-state index < -0.39 is 0 Å². The van der Waals surface area contributed by atoms with Crippen LogP contribution in [0, 0.1) is 0 Å². The molecule has 0 aliphatic heterocycles. The molecule has 1 amide bonds. The summed E-state index contributed by atoms with van der Waals surface area (Å²) in [5.74, 6) is 1.39. The fourth-order valence-electron chi connectivity index (χ4n) is 2.44. The smallest absolute Gasteiger partial charge is 0.244 e. The second-order valence-electron chi connectivity index (χ2n) is 5.90. The molecule has 2 aromatic rings. The molecule has 0 heterocycles. The van der Waals surface area contributed by atoms with Gasteiger partial charge in [-0.3, -0.25) is 4.79 Å². The summed E-state index contributed by atoms with van der Waals surface area (Å²) >= 11 is 0. The number of methoxy groups -OCH3 is 1. The highest BCUT2D eigenvalue weighted by Gasteiger charge is 2.07. The van der Waals surface area contributed by atoms with Gasteiger partial charge in [-0.25, -0.2) is 0 Å². The van der Waals surface area contributed by atoms with Crippen LogP contribution in [0.4, 0.5) is 0 Å². The highest BCUT2D eigenvalue weighted by atomic mass is 16.5. The number of ether oxygens (including phenoxy) is 2. The number of rotatable bonds is 9. The number of hydrogen-bond acceptors (Lipinski definition) is 3. The summed E-state index contributed by atoms with van der Waals surface area (Å²) in [7, 11) is 1.58. The van der Waals surface area contributed by atoms with Gasteiger partial charge in [0.25, 0.3) is 0 Å². The summed E-state index contributed by atoms with van der Waals surface area (Å²) < 4.78 is 10.8. The van der Waals surface area contributed by atoms with Gasteiger partial charge < -0.3 is 14.8 Å². The molecule has 4 heteroatoms. The van der Waals surface area contributed by atoms with Crippen molar-refractivity contribution in [1.29, 1.82) is 0 Å². The maximum absolute atomic E-state index is 12.0. The first-order valence-corrected chi connectivity index (χ1v) is 8.56. The lowest BCUT2D eigenvalue weighted by atomic mass is 10.0. The summed E-state index contributed by atoms with van der Waals surface area (Å²) in [6, 6.07) is 15.6. The van der Waals surface area contributed by atoms with Crippen molar-refractivity contribution in [3.63, 3.8) is 0 Å². The Labute approximate surface area is 155 Å². The minimum absolute atomic E-state index is 0.126.